The Balaban J connectivity index is 2.94. The fourth-order valence-corrected chi connectivity index (χ4v) is 3.60. The lowest BCUT2D eigenvalue weighted by Gasteiger charge is -2.17. The molecule has 0 radical (unpaired) electrons. The van der Waals surface area contributed by atoms with Gasteiger partial charge in [0.05, 0.1) is 13.7 Å². The van der Waals surface area contributed by atoms with E-state index in [0.717, 1.165) is 5.56 Å². The smallest absolute Gasteiger partial charge is 0.328 e. The molecule has 0 spiro atoms. The van der Waals surface area contributed by atoms with Crippen molar-refractivity contribution in [2.24, 2.45) is 0 Å². The van der Waals surface area contributed by atoms with Crippen LogP contribution in [0.5, 0.6) is 5.75 Å². The third kappa shape index (κ3) is 5.61. The van der Waals surface area contributed by atoms with Gasteiger partial charge in [-0.1, -0.05) is 6.92 Å². The first-order chi connectivity index (χ1) is 9.88. The molecule has 0 heterocycles. The van der Waals surface area contributed by atoms with Crippen molar-refractivity contribution in [1.82, 2.24) is 5.32 Å². The van der Waals surface area contributed by atoms with E-state index in [2.05, 4.69) is 5.32 Å². The quantitative estimate of drug-likeness (QED) is 0.450. The summed E-state index contributed by atoms with van der Waals surface area (Å²) in [6.07, 6.45) is 0.636. The molecule has 0 aliphatic carbocycles. The van der Waals surface area contributed by atoms with Crippen molar-refractivity contribution >= 4 is 57.1 Å². The van der Waals surface area contributed by atoms with Crippen molar-refractivity contribution in [2.45, 2.75) is 32.7 Å². The third-order valence-corrected chi connectivity index (χ3v) is 4.39. The van der Waals surface area contributed by atoms with Crippen LogP contribution in [0.1, 0.15) is 25.8 Å². The SMILES string of the molecule is CCOC(=O)[C@H](Cc1cc(I)c(O)c(I)c1)NC(=O)CC. The zero-order valence-corrected chi connectivity index (χ0v) is 16.1. The topological polar surface area (TPSA) is 75.6 Å². The number of esters is 1. The van der Waals surface area contributed by atoms with Crippen LogP contribution in [-0.2, 0) is 20.7 Å². The summed E-state index contributed by atoms with van der Waals surface area (Å²) in [6, 6.07) is 2.87. The zero-order valence-electron chi connectivity index (χ0n) is 11.8. The molecule has 0 fully saturated rings. The fourth-order valence-electron chi connectivity index (χ4n) is 1.70. The van der Waals surface area contributed by atoms with Gasteiger partial charge >= 0.3 is 5.97 Å². The van der Waals surface area contributed by atoms with Crippen LogP contribution in [-0.4, -0.2) is 29.6 Å². The Labute approximate surface area is 151 Å². The van der Waals surface area contributed by atoms with Crippen molar-refractivity contribution in [2.75, 3.05) is 6.61 Å². The lowest BCUT2D eigenvalue weighted by atomic mass is 10.1. The lowest BCUT2D eigenvalue weighted by Crippen LogP contribution is -2.43. The first kappa shape index (κ1) is 18.5. The molecule has 2 N–H and O–H groups in total. The number of hydrogen-bond donors (Lipinski definition) is 2. The van der Waals surface area contributed by atoms with Gasteiger partial charge in [-0.3, -0.25) is 4.79 Å². The minimum atomic E-state index is -0.714. The number of hydrogen-bond acceptors (Lipinski definition) is 4. The van der Waals surface area contributed by atoms with Gasteiger partial charge < -0.3 is 15.2 Å². The summed E-state index contributed by atoms with van der Waals surface area (Å²) in [5, 5.41) is 12.4. The molecule has 0 saturated carbocycles. The summed E-state index contributed by atoms with van der Waals surface area (Å²) in [7, 11) is 0. The molecule has 1 aromatic carbocycles. The highest BCUT2D eigenvalue weighted by molar-refractivity contribution is 14.1. The number of nitrogens with one attached hydrogen (secondary N) is 1. The molecule has 1 amide bonds. The molecule has 5 nitrogen and oxygen atoms in total. The molecule has 1 atom stereocenters. The van der Waals surface area contributed by atoms with Crippen LogP contribution in [0.15, 0.2) is 12.1 Å². The monoisotopic (exact) mass is 517 g/mol. The first-order valence-electron chi connectivity index (χ1n) is 6.51. The van der Waals surface area contributed by atoms with Gasteiger partial charge in [0.2, 0.25) is 5.91 Å². The van der Waals surface area contributed by atoms with Gasteiger partial charge in [0, 0.05) is 12.8 Å². The van der Waals surface area contributed by atoms with Gasteiger partial charge in [0.15, 0.2) is 0 Å². The normalized spacial score (nSPS) is 11.8. The zero-order chi connectivity index (χ0) is 16.0. The molecule has 1 rings (SSSR count). The fraction of sp³-hybridized carbons (Fsp3) is 0.429. The van der Waals surface area contributed by atoms with E-state index in [-0.39, 0.29) is 18.3 Å². The van der Waals surface area contributed by atoms with Gasteiger partial charge in [0.25, 0.3) is 0 Å². The van der Waals surface area contributed by atoms with Crippen LogP contribution in [0.3, 0.4) is 0 Å². The number of carbonyl (C=O) groups is 2. The molecule has 21 heavy (non-hydrogen) atoms. The van der Waals surface area contributed by atoms with E-state index in [1.54, 1.807) is 26.0 Å². The molecule has 0 bridgehead atoms. The molecular formula is C14H17I2NO4. The summed E-state index contributed by atoms with van der Waals surface area (Å²) in [6.45, 7) is 3.72. The lowest BCUT2D eigenvalue weighted by molar-refractivity contribution is -0.147. The van der Waals surface area contributed by atoms with E-state index in [9.17, 15) is 14.7 Å². The number of ether oxygens (including phenoxy) is 1. The number of amides is 1. The highest BCUT2D eigenvalue weighted by atomic mass is 127. The van der Waals surface area contributed by atoms with E-state index >= 15 is 0 Å². The average Bonchev–Trinajstić information content (AvgIpc) is 2.44. The Kier molecular flexibility index (Phi) is 7.71. The molecule has 0 aliphatic heterocycles. The maximum Gasteiger partial charge on any atom is 0.328 e. The van der Waals surface area contributed by atoms with Crippen LogP contribution >= 0.6 is 45.2 Å². The van der Waals surface area contributed by atoms with Crippen LogP contribution in [0.4, 0.5) is 0 Å². The second kappa shape index (κ2) is 8.76. The molecule has 0 aliphatic rings. The minimum absolute atomic E-state index is 0.198. The molecule has 0 unspecified atom stereocenters. The van der Waals surface area contributed by atoms with Crippen molar-refractivity contribution in [3.63, 3.8) is 0 Å². The van der Waals surface area contributed by atoms with Crippen LogP contribution in [0.25, 0.3) is 0 Å². The molecule has 116 valence electrons. The molecule has 1 aromatic rings. The number of benzene rings is 1. The van der Waals surface area contributed by atoms with E-state index in [1.807, 2.05) is 45.2 Å². The number of carbonyl (C=O) groups excluding carboxylic acids is 2. The van der Waals surface area contributed by atoms with Crippen LogP contribution < -0.4 is 5.32 Å². The first-order valence-corrected chi connectivity index (χ1v) is 8.67. The number of phenols is 1. The highest BCUT2D eigenvalue weighted by Gasteiger charge is 2.22. The Morgan fingerprint density at radius 1 is 1.29 bits per heavy atom. The second-order valence-electron chi connectivity index (χ2n) is 4.34. The number of phenolic OH excluding ortho intramolecular Hbond substituents is 1. The Hall–Kier alpha value is -0.580. The molecule has 0 saturated heterocycles. The number of aromatic hydroxyl groups is 1. The number of halogens is 2. The van der Waals surface area contributed by atoms with Crippen molar-refractivity contribution in [3.8, 4) is 5.75 Å². The van der Waals surface area contributed by atoms with Crippen molar-refractivity contribution in [3.05, 3.63) is 24.8 Å². The average molecular weight is 517 g/mol. The van der Waals surface area contributed by atoms with Gasteiger partial charge in [-0.05, 0) is 69.8 Å². The standard InChI is InChI=1S/C14H17I2NO4/c1-3-12(18)17-11(14(20)21-4-2)7-8-5-9(15)13(19)10(16)6-8/h5-6,11,19H,3-4,7H2,1-2H3,(H,17,18)/t11-/m0/s1. The Morgan fingerprint density at radius 2 is 1.86 bits per heavy atom. The van der Waals surface area contributed by atoms with Gasteiger partial charge in [0.1, 0.15) is 11.8 Å². The highest BCUT2D eigenvalue weighted by Crippen LogP contribution is 2.27. The summed E-state index contributed by atoms with van der Waals surface area (Å²) in [4.78, 5) is 23.5. The maximum absolute atomic E-state index is 11.9. The summed E-state index contributed by atoms with van der Waals surface area (Å²) in [5.74, 6) is -0.418. The summed E-state index contributed by atoms with van der Waals surface area (Å²) < 4.78 is 6.41. The third-order valence-electron chi connectivity index (χ3n) is 2.74. The van der Waals surface area contributed by atoms with Gasteiger partial charge in [-0.2, -0.15) is 0 Å². The Bertz CT molecular complexity index is 511. The van der Waals surface area contributed by atoms with Crippen molar-refractivity contribution in [1.29, 1.82) is 0 Å². The number of rotatable bonds is 6. The maximum atomic E-state index is 11.9. The van der Waals surface area contributed by atoms with Crippen LogP contribution in [0.2, 0.25) is 0 Å². The predicted octanol–water partition coefficient (Wildman–Crippen LogP) is 2.60. The molecular weight excluding hydrogens is 500 g/mol. The Morgan fingerprint density at radius 3 is 2.33 bits per heavy atom. The minimum Gasteiger partial charge on any atom is -0.506 e. The molecule has 7 heteroatoms. The van der Waals surface area contributed by atoms with E-state index < -0.39 is 12.0 Å². The summed E-state index contributed by atoms with van der Waals surface area (Å²) in [5.41, 5.74) is 0.857. The largest absolute Gasteiger partial charge is 0.506 e. The van der Waals surface area contributed by atoms with Gasteiger partial charge in [-0.15, -0.1) is 0 Å². The van der Waals surface area contributed by atoms with E-state index in [4.69, 9.17) is 4.74 Å². The van der Waals surface area contributed by atoms with E-state index in [1.165, 1.54) is 0 Å². The van der Waals surface area contributed by atoms with Crippen molar-refractivity contribution < 1.29 is 19.4 Å². The second-order valence-corrected chi connectivity index (χ2v) is 6.66. The van der Waals surface area contributed by atoms with Crippen LogP contribution in [0, 0.1) is 7.14 Å². The summed E-state index contributed by atoms with van der Waals surface area (Å²) >= 11 is 4.06. The van der Waals surface area contributed by atoms with Gasteiger partial charge in [-0.25, -0.2) is 4.79 Å². The molecule has 0 aromatic heterocycles. The predicted molar refractivity (Wildman–Crippen MR) is 96.1 cm³/mol. The van der Waals surface area contributed by atoms with E-state index in [0.29, 0.717) is 20.0 Å².